The highest BCUT2D eigenvalue weighted by atomic mass is 16.3. The Morgan fingerprint density at radius 1 is 1.21 bits per heavy atom. The average molecular weight is 264 g/mol. The molecule has 0 radical (unpaired) electrons. The van der Waals surface area contributed by atoms with Gasteiger partial charge < -0.3 is 10.0 Å². The first-order valence-corrected chi connectivity index (χ1v) is 6.80. The molecule has 0 aliphatic heterocycles. The van der Waals surface area contributed by atoms with E-state index in [0.717, 1.165) is 12.1 Å². The summed E-state index contributed by atoms with van der Waals surface area (Å²) in [4.78, 5) is 16.4. The maximum Gasteiger partial charge on any atom is 0.244 e. The van der Waals surface area contributed by atoms with Gasteiger partial charge in [-0.1, -0.05) is 37.3 Å². The molecule has 0 aliphatic carbocycles. The van der Waals surface area contributed by atoms with Gasteiger partial charge in [0.15, 0.2) is 0 Å². The minimum atomic E-state index is -0.280. The fraction of sp³-hybridized carbons (Fsp3) is 0.533. The molecule has 106 valence electrons. The van der Waals surface area contributed by atoms with E-state index in [-0.39, 0.29) is 18.6 Å². The third-order valence-electron chi connectivity index (χ3n) is 3.35. The van der Waals surface area contributed by atoms with Crippen LogP contribution in [0, 0.1) is 0 Å². The van der Waals surface area contributed by atoms with Gasteiger partial charge in [-0.05, 0) is 26.1 Å². The van der Waals surface area contributed by atoms with Crippen molar-refractivity contribution in [2.45, 2.75) is 19.9 Å². The smallest absolute Gasteiger partial charge is 0.244 e. The number of aliphatic hydroxyl groups excluding tert-OH is 1. The van der Waals surface area contributed by atoms with E-state index >= 15 is 0 Å². The van der Waals surface area contributed by atoms with Crippen LogP contribution in [-0.2, 0) is 4.79 Å². The van der Waals surface area contributed by atoms with Crippen molar-refractivity contribution in [1.29, 1.82) is 0 Å². The average Bonchev–Trinajstić information content (AvgIpc) is 2.45. The first-order chi connectivity index (χ1) is 9.15. The molecular weight excluding hydrogens is 240 g/mol. The van der Waals surface area contributed by atoms with Crippen molar-refractivity contribution in [1.82, 2.24) is 9.80 Å². The molecule has 0 saturated carbocycles. The second kappa shape index (κ2) is 7.92. The molecule has 1 N–H and O–H groups in total. The lowest BCUT2D eigenvalue weighted by molar-refractivity contribution is -0.137. The number of hydrogen-bond acceptors (Lipinski definition) is 3. The zero-order valence-corrected chi connectivity index (χ0v) is 12.0. The van der Waals surface area contributed by atoms with Crippen molar-refractivity contribution in [3.05, 3.63) is 35.9 Å². The number of amides is 1. The summed E-state index contributed by atoms with van der Waals surface area (Å²) in [5.74, 6) is 0.0482. The predicted molar refractivity (Wildman–Crippen MR) is 76.8 cm³/mol. The molecule has 0 saturated heterocycles. The van der Waals surface area contributed by atoms with Crippen LogP contribution in [0.5, 0.6) is 0 Å². The number of likely N-dealkylation sites (N-methyl/N-ethyl adjacent to an activating group) is 2. The van der Waals surface area contributed by atoms with E-state index in [4.69, 9.17) is 5.11 Å². The van der Waals surface area contributed by atoms with Gasteiger partial charge in [-0.2, -0.15) is 0 Å². The van der Waals surface area contributed by atoms with Gasteiger partial charge in [0, 0.05) is 13.1 Å². The van der Waals surface area contributed by atoms with Crippen LogP contribution in [0.3, 0.4) is 0 Å². The van der Waals surface area contributed by atoms with Crippen molar-refractivity contribution in [3.8, 4) is 0 Å². The van der Waals surface area contributed by atoms with Crippen molar-refractivity contribution in [2.24, 2.45) is 0 Å². The Labute approximate surface area is 115 Å². The van der Waals surface area contributed by atoms with Gasteiger partial charge in [-0.25, -0.2) is 0 Å². The van der Waals surface area contributed by atoms with Crippen LogP contribution in [0.2, 0.25) is 0 Å². The van der Waals surface area contributed by atoms with Gasteiger partial charge in [0.05, 0.1) is 6.61 Å². The molecule has 1 rings (SSSR count). The lowest BCUT2D eigenvalue weighted by Crippen LogP contribution is -2.42. The predicted octanol–water partition coefficient (Wildman–Crippen LogP) is 1.52. The van der Waals surface area contributed by atoms with Gasteiger partial charge >= 0.3 is 0 Å². The van der Waals surface area contributed by atoms with Gasteiger partial charge in [-0.15, -0.1) is 0 Å². The van der Waals surface area contributed by atoms with E-state index in [9.17, 15) is 4.79 Å². The topological polar surface area (TPSA) is 43.8 Å². The SMILES string of the molecule is CCN(CCO)C(=O)C(c1ccccc1)N(C)CC. The molecule has 0 fully saturated rings. The largest absolute Gasteiger partial charge is 0.395 e. The molecule has 0 aliphatic rings. The maximum atomic E-state index is 12.6. The summed E-state index contributed by atoms with van der Waals surface area (Å²) in [5, 5.41) is 9.06. The summed E-state index contributed by atoms with van der Waals surface area (Å²) in [5.41, 5.74) is 0.994. The fourth-order valence-electron chi connectivity index (χ4n) is 2.12. The Morgan fingerprint density at radius 2 is 1.84 bits per heavy atom. The molecular formula is C15H24N2O2. The third-order valence-corrected chi connectivity index (χ3v) is 3.35. The minimum Gasteiger partial charge on any atom is -0.395 e. The molecule has 4 heteroatoms. The first kappa shape index (κ1) is 15.7. The quantitative estimate of drug-likeness (QED) is 0.812. The number of aliphatic hydroxyl groups is 1. The molecule has 19 heavy (non-hydrogen) atoms. The van der Waals surface area contributed by atoms with Gasteiger partial charge in [-0.3, -0.25) is 9.69 Å². The van der Waals surface area contributed by atoms with Gasteiger partial charge in [0.2, 0.25) is 5.91 Å². The first-order valence-electron chi connectivity index (χ1n) is 6.80. The number of rotatable bonds is 7. The number of benzene rings is 1. The Kier molecular flexibility index (Phi) is 6.53. The summed E-state index contributed by atoms with van der Waals surface area (Å²) in [6, 6.07) is 9.51. The van der Waals surface area contributed by atoms with Crippen LogP contribution in [0.15, 0.2) is 30.3 Å². The summed E-state index contributed by atoms with van der Waals surface area (Å²) < 4.78 is 0. The molecule has 0 aromatic heterocycles. The van der Waals surface area contributed by atoms with E-state index in [0.29, 0.717) is 13.1 Å². The Bertz CT molecular complexity index is 381. The second-order valence-corrected chi connectivity index (χ2v) is 4.53. The molecule has 0 heterocycles. The number of nitrogens with zero attached hydrogens (tertiary/aromatic N) is 2. The molecule has 1 aromatic carbocycles. The zero-order chi connectivity index (χ0) is 14.3. The minimum absolute atomic E-state index is 0.00305. The molecule has 4 nitrogen and oxygen atoms in total. The maximum absolute atomic E-state index is 12.6. The fourth-order valence-corrected chi connectivity index (χ4v) is 2.12. The Morgan fingerprint density at radius 3 is 2.32 bits per heavy atom. The van der Waals surface area contributed by atoms with E-state index in [1.807, 2.05) is 56.1 Å². The van der Waals surface area contributed by atoms with Crippen LogP contribution in [-0.4, -0.2) is 54.1 Å². The highest BCUT2D eigenvalue weighted by Gasteiger charge is 2.27. The molecule has 0 bridgehead atoms. The monoisotopic (exact) mass is 264 g/mol. The highest BCUT2D eigenvalue weighted by Crippen LogP contribution is 2.21. The number of hydrogen-bond donors (Lipinski definition) is 1. The van der Waals surface area contributed by atoms with E-state index in [1.165, 1.54) is 0 Å². The zero-order valence-electron chi connectivity index (χ0n) is 12.0. The highest BCUT2D eigenvalue weighted by molar-refractivity contribution is 5.83. The second-order valence-electron chi connectivity index (χ2n) is 4.53. The molecule has 1 aromatic rings. The molecule has 1 atom stereocenters. The van der Waals surface area contributed by atoms with E-state index in [1.54, 1.807) is 4.90 Å². The summed E-state index contributed by atoms with van der Waals surface area (Å²) in [6.45, 7) is 5.75. The lowest BCUT2D eigenvalue weighted by atomic mass is 10.0. The van der Waals surface area contributed by atoms with Crippen molar-refractivity contribution in [2.75, 3.05) is 33.3 Å². The summed E-state index contributed by atoms with van der Waals surface area (Å²) in [6.07, 6.45) is 0. The van der Waals surface area contributed by atoms with Crippen molar-refractivity contribution in [3.63, 3.8) is 0 Å². The van der Waals surface area contributed by atoms with Gasteiger partial charge in [0.25, 0.3) is 0 Å². The molecule has 0 spiro atoms. The van der Waals surface area contributed by atoms with Gasteiger partial charge in [0.1, 0.15) is 6.04 Å². The summed E-state index contributed by atoms with van der Waals surface area (Å²) >= 11 is 0. The van der Waals surface area contributed by atoms with E-state index in [2.05, 4.69) is 0 Å². The molecule has 1 unspecified atom stereocenters. The van der Waals surface area contributed by atoms with Crippen LogP contribution < -0.4 is 0 Å². The van der Waals surface area contributed by atoms with Crippen molar-refractivity contribution < 1.29 is 9.90 Å². The molecule has 1 amide bonds. The summed E-state index contributed by atoms with van der Waals surface area (Å²) in [7, 11) is 1.95. The number of carbonyl (C=O) groups is 1. The number of carbonyl (C=O) groups excluding carboxylic acids is 1. The van der Waals surface area contributed by atoms with Crippen LogP contribution in [0.1, 0.15) is 25.5 Å². The Hall–Kier alpha value is -1.39. The Balaban J connectivity index is 3.00. The third kappa shape index (κ3) is 4.04. The van der Waals surface area contributed by atoms with Crippen LogP contribution in [0.25, 0.3) is 0 Å². The lowest BCUT2D eigenvalue weighted by Gasteiger charge is -2.31. The van der Waals surface area contributed by atoms with Crippen molar-refractivity contribution >= 4 is 5.91 Å². The normalized spacial score (nSPS) is 12.5. The standard InChI is InChI=1S/C15H24N2O2/c1-4-16(3)14(13-9-7-6-8-10-13)15(19)17(5-2)11-12-18/h6-10,14,18H,4-5,11-12H2,1-3H3. The van der Waals surface area contributed by atoms with Crippen LogP contribution >= 0.6 is 0 Å². The van der Waals surface area contributed by atoms with E-state index < -0.39 is 0 Å². The van der Waals surface area contributed by atoms with Crippen LogP contribution in [0.4, 0.5) is 0 Å².